The van der Waals surface area contributed by atoms with E-state index in [4.69, 9.17) is 11.5 Å². The zero-order chi connectivity index (χ0) is 8.85. The van der Waals surface area contributed by atoms with Crippen LogP contribution in [-0.2, 0) is 4.79 Å². The molecule has 0 saturated carbocycles. The molecular formula is C8H13NO2. The van der Waals surface area contributed by atoms with Crippen LogP contribution in [0.15, 0.2) is 0 Å². The number of carbonyl (C=O) groups excluding carboxylic acids is 1. The summed E-state index contributed by atoms with van der Waals surface area (Å²) in [5.41, 5.74) is 0. The summed E-state index contributed by atoms with van der Waals surface area (Å²) in [5.74, 6) is 1.51. The number of nitrogens with one attached hydrogen (secondary N) is 1. The van der Waals surface area contributed by atoms with Gasteiger partial charge in [-0.2, -0.15) is 0 Å². The number of terminal acetylenes is 1. The van der Waals surface area contributed by atoms with Crippen LogP contribution in [0.5, 0.6) is 0 Å². The van der Waals surface area contributed by atoms with Crippen LogP contribution in [0.25, 0.3) is 0 Å². The maximum Gasteiger partial charge on any atom is 0.295 e. The Labute approximate surface area is 66.8 Å². The van der Waals surface area contributed by atoms with E-state index in [0.717, 1.165) is 0 Å². The lowest BCUT2D eigenvalue weighted by molar-refractivity contribution is -0.116. The van der Waals surface area contributed by atoms with Crippen molar-refractivity contribution in [2.24, 2.45) is 0 Å². The van der Waals surface area contributed by atoms with Crippen molar-refractivity contribution >= 4 is 5.91 Å². The highest BCUT2D eigenvalue weighted by Gasteiger charge is 2.06. The first-order valence-electron chi connectivity index (χ1n) is 3.51. The maximum absolute atomic E-state index is 10.6. The standard InChI is InChI=1S/C8H13NO2/c1-4-8(11)9-6(2)5-7(3)10/h1,6-7,10H,5H2,2-3H3,(H,9,11). The van der Waals surface area contributed by atoms with Gasteiger partial charge in [0.05, 0.1) is 6.10 Å². The van der Waals surface area contributed by atoms with E-state index >= 15 is 0 Å². The van der Waals surface area contributed by atoms with E-state index in [-0.39, 0.29) is 6.04 Å². The van der Waals surface area contributed by atoms with Crippen LogP contribution in [0.3, 0.4) is 0 Å². The SMILES string of the molecule is C#CC(=O)NC(C)CC(C)O. The number of carbonyl (C=O) groups is 1. The molecule has 2 atom stereocenters. The first-order valence-corrected chi connectivity index (χ1v) is 3.51. The van der Waals surface area contributed by atoms with E-state index in [2.05, 4.69) is 5.32 Å². The molecular weight excluding hydrogens is 142 g/mol. The predicted octanol–water partition coefficient (Wildman–Crippen LogP) is -0.105. The Morgan fingerprint density at radius 3 is 2.64 bits per heavy atom. The fourth-order valence-corrected chi connectivity index (χ4v) is 0.836. The molecule has 62 valence electrons. The van der Waals surface area contributed by atoms with Gasteiger partial charge in [0.25, 0.3) is 5.91 Å². The largest absolute Gasteiger partial charge is 0.393 e. The topological polar surface area (TPSA) is 49.3 Å². The number of rotatable bonds is 3. The Hall–Kier alpha value is -1.01. The molecule has 0 aromatic carbocycles. The van der Waals surface area contributed by atoms with Crippen LogP contribution in [0.1, 0.15) is 20.3 Å². The summed E-state index contributed by atoms with van der Waals surface area (Å²) >= 11 is 0. The lowest BCUT2D eigenvalue weighted by Gasteiger charge is -2.12. The summed E-state index contributed by atoms with van der Waals surface area (Å²) in [4.78, 5) is 10.6. The third-order valence-corrected chi connectivity index (χ3v) is 1.20. The van der Waals surface area contributed by atoms with E-state index in [0.29, 0.717) is 6.42 Å². The van der Waals surface area contributed by atoms with Crippen molar-refractivity contribution in [1.29, 1.82) is 0 Å². The second-order valence-corrected chi connectivity index (χ2v) is 2.60. The van der Waals surface area contributed by atoms with Crippen LogP contribution in [0.2, 0.25) is 0 Å². The van der Waals surface area contributed by atoms with Gasteiger partial charge in [0.15, 0.2) is 0 Å². The molecule has 1 amide bonds. The first kappa shape index (κ1) is 9.99. The third-order valence-electron chi connectivity index (χ3n) is 1.20. The number of hydrogen-bond acceptors (Lipinski definition) is 2. The second kappa shape index (κ2) is 4.75. The van der Waals surface area contributed by atoms with Gasteiger partial charge < -0.3 is 10.4 Å². The second-order valence-electron chi connectivity index (χ2n) is 2.60. The lowest BCUT2D eigenvalue weighted by atomic mass is 10.1. The fraction of sp³-hybridized carbons (Fsp3) is 0.625. The minimum Gasteiger partial charge on any atom is -0.393 e. The molecule has 0 aliphatic carbocycles. The molecule has 0 aliphatic rings. The maximum atomic E-state index is 10.6. The summed E-state index contributed by atoms with van der Waals surface area (Å²) in [6.07, 6.45) is 4.93. The average Bonchev–Trinajstić information content (AvgIpc) is 1.85. The van der Waals surface area contributed by atoms with Crippen molar-refractivity contribution in [3.8, 4) is 12.3 Å². The van der Waals surface area contributed by atoms with Gasteiger partial charge in [-0.1, -0.05) is 0 Å². The summed E-state index contributed by atoms with van der Waals surface area (Å²) in [7, 11) is 0. The van der Waals surface area contributed by atoms with Crippen molar-refractivity contribution in [3.63, 3.8) is 0 Å². The van der Waals surface area contributed by atoms with E-state index in [9.17, 15) is 4.79 Å². The van der Waals surface area contributed by atoms with Crippen LogP contribution in [0.4, 0.5) is 0 Å². The van der Waals surface area contributed by atoms with Crippen molar-refractivity contribution in [2.75, 3.05) is 0 Å². The molecule has 3 heteroatoms. The Morgan fingerprint density at radius 1 is 1.73 bits per heavy atom. The fourth-order valence-electron chi connectivity index (χ4n) is 0.836. The first-order chi connectivity index (χ1) is 5.06. The molecule has 0 spiro atoms. The summed E-state index contributed by atoms with van der Waals surface area (Å²) in [5, 5.41) is 11.4. The van der Waals surface area contributed by atoms with Gasteiger partial charge in [-0.25, -0.2) is 0 Å². The Morgan fingerprint density at radius 2 is 2.27 bits per heavy atom. The minimum absolute atomic E-state index is 0.0708. The molecule has 0 aromatic heterocycles. The molecule has 0 saturated heterocycles. The van der Waals surface area contributed by atoms with E-state index in [1.54, 1.807) is 13.8 Å². The molecule has 0 bridgehead atoms. The average molecular weight is 155 g/mol. The van der Waals surface area contributed by atoms with Crippen LogP contribution < -0.4 is 5.32 Å². The van der Waals surface area contributed by atoms with Crippen molar-refractivity contribution in [3.05, 3.63) is 0 Å². The number of hydrogen-bond donors (Lipinski definition) is 2. The zero-order valence-corrected chi connectivity index (χ0v) is 6.79. The molecule has 2 N–H and O–H groups in total. The zero-order valence-electron chi connectivity index (χ0n) is 6.79. The molecule has 0 radical (unpaired) electrons. The third kappa shape index (κ3) is 5.43. The molecule has 0 fully saturated rings. The minimum atomic E-state index is -0.432. The number of aliphatic hydroxyl groups excluding tert-OH is 1. The van der Waals surface area contributed by atoms with E-state index in [1.165, 1.54) is 0 Å². The monoisotopic (exact) mass is 155 g/mol. The highest BCUT2D eigenvalue weighted by Crippen LogP contribution is 1.95. The lowest BCUT2D eigenvalue weighted by Crippen LogP contribution is -2.33. The Kier molecular flexibility index (Phi) is 4.32. The summed E-state index contributed by atoms with van der Waals surface area (Å²) in [6.45, 7) is 3.46. The van der Waals surface area contributed by atoms with Gasteiger partial charge in [0.1, 0.15) is 0 Å². The van der Waals surface area contributed by atoms with Gasteiger partial charge in [0.2, 0.25) is 0 Å². The highest BCUT2D eigenvalue weighted by atomic mass is 16.3. The predicted molar refractivity (Wildman–Crippen MR) is 42.7 cm³/mol. The number of aliphatic hydroxyl groups is 1. The molecule has 3 nitrogen and oxygen atoms in total. The highest BCUT2D eigenvalue weighted by molar-refractivity contribution is 5.92. The smallest absolute Gasteiger partial charge is 0.295 e. The molecule has 0 heterocycles. The summed E-state index contributed by atoms with van der Waals surface area (Å²) in [6, 6.07) is -0.0708. The Bertz CT molecular complexity index is 169. The van der Waals surface area contributed by atoms with Crippen LogP contribution in [0, 0.1) is 12.3 Å². The molecule has 11 heavy (non-hydrogen) atoms. The number of amides is 1. The quantitative estimate of drug-likeness (QED) is 0.559. The van der Waals surface area contributed by atoms with Crippen LogP contribution >= 0.6 is 0 Å². The molecule has 0 aromatic rings. The Balaban J connectivity index is 3.62. The molecule has 2 unspecified atom stereocenters. The molecule has 0 aliphatic heterocycles. The van der Waals surface area contributed by atoms with Gasteiger partial charge in [-0.15, -0.1) is 6.42 Å². The van der Waals surface area contributed by atoms with E-state index < -0.39 is 12.0 Å². The van der Waals surface area contributed by atoms with Crippen LogP contribution in [-0.4, -0.2) is 23.2 Å². The van der Waals surface area contributed by atoms with Gasteiger partial charge in [-0.05, 0) is 26.2 Å². The van der Waals surface area contributed by atoms with Crippen molar-refractivity contribution in [1.82, 2.24) is 5.32 Å². The van der Waals surface area contributed by atoms with Crippen molar-refractivity contribution < 1.29 is 9.90 Å². The van der Waals surface area contributed by atoms with Crippen molar-refractivity contribution in [2.45, 2.75) is 32.4 Å². The molecule has 0 rings (SSSR count). The van der Waals surface area contributed by atoms with Gasteiger partial charge in [0, 0.05) is 6.04 Å². The van der Waals surface area contributed by atoms with Gasteiger partial charge in [-0.3, -0.25) is 4.79 Å². The van der Waals surface area contributed by atoms with Gasteiger partial charge >= 0.3 is 0 Å². The normalized spacial score (nSPS) is 14.7. The summed E-state index contributed by atoms with van der Waals surface area (Å²) < 4.78 is 0. The van der Waals surface area contributed by atoms with E-state index in [1.807, 2.05) is 5.92 Å².